The zero-order chi connectivity index (χ0) is 33.6. The summed E-state index contributed by atoms with van der Waals surface area (Å²) in [4.78, 5) is 27.2. The van der Waals surface area contributed by atoms with E-state index in [1.807, 2.05) is 12.1 Å². The standard InChI is InChI=1S/C37H33F3N6O2/c1-3-24-8-4-9-25-10-5-11-27(30(24)25)31-29(39)20-28-33(32(31)40)42-36(48-22-37-13-6-16-45(37)17-7-14-37)43-34(28)44-18-19-46(35(47)23(2)38)26(21-44)12-15-41/h1,4-5,8-11,20,26H,2,6-7,12-14,16-19,21-22H2/t26-/m0/s1. The second-order valence-electron chi connectivity index (χ2n) is 12.7. The van der Waals surface area contributed by atoms with E-state index in [0.717, 1.165) is 44.2 Å². The molecular formula is C37H33F3N6O2. The number of fused-ring (bicyclic) bond motifs is 3. The molecule has 3 saturated heterocycles. The van der Waals surface area contributed by atoms with Crippen LogP contribution in [0.25, 0.3) is 32.8 Å². The van der Waals surface area contributed by atoms with Gasteiger partial charge in [0, 0.05) is 36.0 Å². The molecule has 3 aliphatic heterocycles. The number of hydrogen-bond donors (Lipinski definition) is 0. The average Bonchev–Trinajstić information content (AvgIpc) is 3.68. The Bertz CT molecular complexity index is 2040. The largest absolute Gasteiger partial charge is 0.461 e. The maximum Gasteiger partial charge on any atom is 0.319 e. The van der Waals surface area contributed by atoms with E-state index in [-0.39, 0.29) is 59.9 Å². The molecule has 11 heteroatoms. The van der Waals surface area contributed by atoms with Gasteiger partial charge in [0.25, 0.3) is 5.91 Å². The predicted octanol–water partition coefficient (Wildman–Crippen LogP) is 6.13. The molecule has 0 radical (unpaired) electrons. The number of hydrogen-bond acceptors (Lipinski definition) is 7. The number of rotatable bonds is 7. The van der Waals surface area contributed by atoms with Crippen molar-refractivity contribution in [3.05, 3.63) is 72.1 Å². The van der Waals surface area contributed by atoms with E-state index in [0.29, 0.717) is 23.1 Å². The van der Waals surface area contributed by atoms with Crippen molar-refractivity contribution in [2.45, 2.75) is 43.7 Å². The van der Waals surface area contributed by atoms with Gasteiger partial charge in [-0.25, -0.2) is 13.2 Å². The summed E-state index contributed by atoms with van der Waals surface area (Å²) < 4.78 is 53.3. The first kappa shape index (κ1) is 31.5. The van der Waals surface area contributed by atoms with E-state index in [9.17, 15) is 14.4 Å². The van der Waals surface area contributed by atoms with E-state index in [2.05, 4.69) is 28.5 Å². The van der Waals surface area contributed by atoms with Crippen LogP contribution in [0.15, 0.2) is 54.9 Å². The molecule has 8 nitrogen and oxygen atoms in total. The van der Waals surface area contributed by atoms with Gasteiger partial charge in [-0.2, -0.15) is 15.2 Å². The topological polar surface area (TPSA) is 85.6 Å². The average molecular weight is 651 g/mol. The number of terminal acetylenes is 1. The molecule has 3 aromatic carbocycles. The number of ether oxygens (including phenoxy) is 1. The highest BCUT2D eigenvalue weighted by molar-refractivity contribution is 6.03. The molecule has 7 rings (SSSR count). The van der Waals surface area contributed by atoms with Crippen molar-refractivity contribution >= 4 is 33.4 Å². The van der Waals surface area contributed by atoms with Gasteiger partial charge in [-0.15, -0.1) is 6.42 Å². The summed E-state index contributed by atoms with van der Waals surface area (Å²) in [5, 5.41) is 10.9. The summed E-state index contributed by atoms with van der Waals surface area (Å²) in [6, 6.07) is 13.0. The molecule has 0 unspecified atom stereocenters. The van der Waals surface area contributed by atoms with Crippen LogP contribution in [0.2, 0.25) is 0 Å². The fraction of sp³-hybridized carbons (Fsp3) is 0.351. The Morgan fingerprint density at radius 3 is 2.56 bits per heavy atom. The van der Waals surface area contributed by atoms with Gasteiger partial charge in [-0.05, 0) is 61.9 Å². The van der Waals surface area contributed by atoms with E-state index >= 15 is 8.78 Å². The quantitative estimate of drug-likeness (QED) is 0.176. The second kappa shape index (κ2) is 12.5. The first-order chi connectivity index (χ1) is 23.2. The maximum atomic E-state index is 16.9. The lowest BCUT2D eigenvalue weighted by atomic mass is 9.93. The molecule has 0 aliphatic carbocycles. The maximum absolute atomic E-state index is 16.9. The summed E-state index contributed by atoms with van der Waals surface area (Å²) in [6.45, 7) is 5.69. The lowest BCUT2D eigenvalue weighted by molar-refractivity contribution is -0.131. The van der Waals surface area contributed by atoms with Gasteiger partial charge in [0.2, 0.25) is 0 Å². The van der Waals surface area contributed by atoms with Crippen LogP contribution in [0.1, 0.15) is 37.7 Å². The van der Waals surface area contributed by atoms with Gasteiger partial charge in [-0.3, -0.25) is 9.69 Å². The molecule has 1 atom stereocenters. The molecule has 4 heterocycles. The molecule has 1 amide bonds. The third-order valence-corrected chi connectivity index (χ3v) is 10.1. The molecule has 0 saturated carbocycles. The lowest BCUT2D eigenvalue weighted by Crippen LogP contribution is -2.55. The van der Waals surface area contributed by atoms with Gasteiger partial charge >= 0.3 is 6.01 Å². The van der Waals surface area contributed by atoms with Crippen LogP contribution >= 0.6 is 0 Å². The third-order valence-electron chi connectivity index (χ3n) is 10.1. The van der Waals surface area contributed by atoms with Crippen molar-refractivity contribution in [2.24, 2.45) is 0 Å². The number of carbonyl (C=O) groups is 1. The normalized spacial score (nSPS) is 18.9. The fourth-order valence-corrected chi connectivity index (χ4v) is 7.79. The monoisotopic (exact) mass is 650 g/mol. The zero-order valence-corrected chi connectivity index (χ0v) is 26.3. The number of aromatic nitrogens is 2. The van der Waals surface area contributed by atoms with Crippen molar-refractivity contribution in [3.8, 4) is 35.6 Å². The number of halogens is 3. The lowest BCUT2D eigenvalue weighted by Gasteiger charge is -2.41. The number of benzene rings is 3. The van der Waals surface area contributed by atoms with E-state index in [1.165, 1.54) is 11.0 Å². The highest BCUT2D eigenvalue weighted by Gasteiger charge is 2.45. The van der Waals surface area contributed by atoms with Gasteiger partial charge in [-0.1, -0.05) is 42.8 Å². The van der Waals surface area contributed by atoms with Crippen LogP contribution in [0, 0.1) is 35.3 Å². The molecule has 244 valence electrons. The number of amides is 1. The molecule has 4 aromatic rings. The van der Waals surface area contributed by atoms with Crippen LogP contribution in [-0.4, -0.2) is 76.6 Å². The van der Waals surface area contributed by atoms with Crippen LogP contribution < -0.4 is 9.64 Å². The van der Waals surface area contributed by atoms with E-state index in [4.69, 9.17) is 16.1 Å². The Kier molecular flexibility index (Phi) is 8.18. The van der Waals surface area contributed by atoms with Gasteiger partial charge in [0.15, 0.2) is 11.6 Å². The van der Waals surface area contributed by atoms with Crippen molar-refractivity contribution in [1.82, 2.24) is 19.8 Å². The predicted molar refractivity (Wildman–Crippen MR) is 177 cm³/mol. The van der Waals surface area contributed by atoms with Gasteiger partial charge in [0.1, 0.15) is 23.8 Å². The summed E-state index contributed by atoms with van der Waals surface area (Å²) in [6.07, 6.45) is 9.77. The van der Waals surface area contributed by atoms with Crippen molar-refractivity contribution in [3.63, 3.8) is 0 Å². The SMILES string of the molecule is C#Cc1cccc2cccc(-c3c(F)cc4c(N5CCN(C(=O)C(=C)F)[C@@H](CC#N)C5)nc(OCC56CCCN5CCC6)nc4c3F)c12. The summed E-state index contributed by atoms with van der Waals surface area (Å²) in [5.41, 5.74) is 0.235. The van der Waals surface area contributed by atoms with Crippen molar-refractivity contribution < 1.29 is 22.7 Å². The van der Waals surface area contributed by atoms with E-state index in [1.54, 1.807) is 29.2 Å². The van der Waals surface area contributed by atoms with Gasteiger partial charge in [0.05, 0.1) is 29.6 Å². The highest BCUT2D eigenvalue weighted by Crippen LogP contribution is 2.41. The number of piperazine rings is 1. The number of carbonyl (C=O) groups excluding carboxylic acids is 1. The van der Waals surface area contributed by atoms with E-state index < -0.39 is 29.4 Å². The minimum Gasteiger partial charge on any atom is -0.461 e. The van der Waals surface area contributed by atoms with Crippen molar-refractivity contribution in [2.75, 3.05) is 44.2 Å². The molecule has 0 spiro atoms. The number of nitrogens with zero attached hydrogens (tertiary/aromatic N) is 6. The highest BCUT2D eigenvalue weighted by atomic mass is 19.1. The Hall–Kier alpha value is -5.13. The van der Waals surface area contributed by atoms with Gasteiger partial charge < -0.3 is 14.5 Å². The van der Waals surface area contributed by atoms with Crippen LogP contribution in [0.3, 0.4) is 0 Å². The molecular weight excluding hydrogens is 617 g/mol. The second-order valence-corrected chi connectivity index (χ2v) is 12.7. The summed E-state index contributed by atoms with van der Waals surface area (Å²) in [7, 11) is 0. The Morgan fingerprint density at radius 2 is 1.85 bits per heavy atom. The van der Waals surface area contributed by atoms with Crippen molar-refractivity contribution in [1.29, 1.82) is 5.26 Å². The number of anilines is 1. The minimum absolute atomic E-state index is 0.0434. The first-order valence-electron chi connectivity index (χ1n) is 16.1. The third kappa shape index (κ3) is 5.29. The molecule has 48 heavy (non-hydrogen) atoms. The molecule has 0 bridgehead atoms. The Morgan fingerprint density at radius 1 is 1.10 bits per heavy atom. The number of nitriles is 1. The summed E-state index contributed by atoms with van der Waals surface area (Å²) in [5.74, 6) is -0.920. The first-order valence-corrected chi connectivity index (χ1v) is 16.1. The Balaban J connectivity index is 1.37. The molecule has 3 fully saturated rings. The zero-order valence-electron chi connectivity index (χ0n) is 26.3. The Labute approximate surface area is 276 Å². The fourth-order valence-electron chi connectivity index (χ4n) is 7.79. The van der Waals surface area contributed by atoms with Crippen LogP contribution in [0.5, 0.6) is 6.01 Å². The smallest absolute Gasteiger partial charge is 0.319 e. The summed E-state index contributed by atoms with van der Waals surface area (Å²) >= 11 is 0. The van der Waals surface area contributed by atoms with Crippen LogP contribution in [-0.2, 0) is 4.79 Å². The minimum atomic E-state index is -1.13. The molecule has 3 aliphatic rings. The molecule has 0 N–H and O–H groups in total. The van der Waals surface area contributed by atoms with Crippen LogP contribution in [0.4, 0.5) is 19.0 Å². The molecule has 1 aromatic heterocycles.